The fourth-order valence-electron chi connectivity index (χ4n) is 3.49. The zero-order valence-corrected chi connectivity index (χ0v) is 13.9. The summed E-state index contributed by atoms with van der Waals surface area (Å²) in [5.74, 6) is -0.0549. The van der Waals surface area contributed by atoms with Gasteiger partial charge in [0.05, 0.1) is 5.56 Å². The van der Waals surface area contributed by atoms with E-state index in [1.165, 1.54) is 22.2 Å². The Morgan fingerprint density at radius 3 is 2.67 bits per heavy atom. The predicted octanol–water partition coefficient (Wildman–Crippen LogP) is 3.69. The fraction of sp³-hybridized carbons (Fsp3) is 0.250. The van der Waals surface area contributed by atoms with Crippen LogP contribution >= 0.6 is 0 Å². The van der Waals surface area contributed by atoms with Gasteiger partial charge in [-0.2, -0.15) is 0 Å². The van der Waals surface area contributed by atoms with E-state index in [1.807, 2.05) is 17.9 Å². The zero-order valence-electron chi connectivity index (χ0n) is 13.9. The van der Waals surface area contributed by atoms with Gasteiger partial charge in [-0.1, -0.05) is 17.7 Å². The minimum atomic E-state index is -0.111. The predicted molar refractivity (Wildman–Crippen MR) is 94.3 cm³/mol. The molecule has 0 saturated carbocycles. The van der Waals surface area contributed by atoms with E-state index >= 15 is 0 Å². The molecule has 2 heterocycles. The van der Waals surface area contributed by atoms with Crippen molar-refractivity contribution in [2.45, 2.75) is 26.8 Å². The van der Waals surface area contributed by atoms with Crippen molar-refractivity contribution in [1.82, 2.24) is 9.88 Å². The number of H-pyrrole nitrogens is 1. The Morgan fingerprint density at radius 2 is 1.88 bits per heavy atom. The molecule has 0 aliphatic carbocycles. The van der Waals surface area contributed by atoms with Crippen molar-refractivity contribution in [1.29, 1.82) is 0 Å². The molecule has 0 saturated heterocycles. The van der Waals surface area contributed by atoms with Crippen molar-refractivity contribution in [2.75, 3.05) is 6.54 Å². The van der Waals surface area contributed by atoms with Crippen molar-refractivity contribution in [3.63, 3.8) is 0 Å². The van der Waals surface area contributed by atoms with E-state index in [0.717, 1.165) is 17.5 Å². The molecule has 0 atom stereocenters. The van der Waals surface area contributed by atoms with Crippen molar-refractivity contribution in [2.24, 2.45) is 0 Å². The van der Waals surface area contributed by atoms with Gasteiger partial charge in [0.15, 0.2) is 0 Å². The van der Waals surface area contributed by atoms with Gasteiger partial charge in [-0.25, -0.2) is 0 Å². The molecule has 3 aromatic rings. The van der Waals surface area contributed by atoms with Crippen molar-refractivity contribution in [3.8, 4) is 5.75 Å². The van der Waals surface area contributed by atoms with Crippen molar-refractivity contribution in [3.05, 3.63) is 64.3 Å². The highest BCUT2D eigenvalue weighted by Gasteiger charge is 2.26. The Morgan fingerprint density at radius 1 is 1.12 bits per heavy atom. The number of aryl methyl sites for hydroxylation is 2. The number of carbonyl (C=O) groups excluding carboxylic acids is 1. The molecule has 1 aromatic heterocycles. The van der Waals surface area contributed by atoms with Crippen LogP contribution in [0.15, 0.2) is 36.4 Å². The molecule has 24 heavy (non-hydrogen) atoms. The number of fused-ring (bicyclic) bond motifs is 3. The molecular weight excluding hydrogens is 300 g/mol. The van der Waals surface area contributed by atoms with E-state index in [-0.39, 0.29) is 11.7 Å². The van der Waals surface area contributed by atoms with Crippen LogP contribution in [0.4, 0.5) is 0 Å². The summed E-state index contributed by atoms with van der Waals surface area (Å²) in [7, 11) is 0. The third-order valence-corrected chi connectivity index (χ3v) is 4.80. The average molecular weight is 320 g/mol. The summed E-state index contributed by atoms with van der Waals surface area (Å²) in [6, 6.07) is 11.6. The van der Waals surface area contributed by atoms with Crippen LogP contribution in [0.3, 0.4) is 0 Å². The monoisotopic (exact) mass is 320 g/mol. The molecule has 2 aromatic carbocycles. The fourth-order valence-corrected chi connectivity index (χ4v) is 3.49. The number of nitrogens with zero attached hydrogens (tertiary/aromatic N) is 1. The van der Waals surface area contributed by atoms with Crippen molar-refractivity contribution < 1.29 is 9.90 Å². The third kappa shape index (κ3) is 2.35. The molecule has 2 N–H and O–H groups in total. The number of nitrogens with one attached hydrogen (secondary N) is 1. The Bertz CT molecular complexity index is 956. The maximum atomic E-state index is 12.8. The summed E-state index contributed by atoms with van der Waals surface area (Å²) in [6.07, 6.45) is 0.807. The van der Waals surface area contributed by atoms with Crippen LogP contribution in [0, 0.1) is 13.8 Å². The molecule has 0 unspecified atom stereocenters. The van der Waals surface area contributed by atoms with Crippen LogP contribution in [-0.2, 0) is 13.0 Å². The van der Waals surface area contributed by atoms with Crippen LogP contribution in [0.2, 0.25) is 0 Å². The number of aromatic nitrogens is 1. The van der Waals surface area contributed by atoms with Crippen LogP contribution < -0.4 is 0 Å². The lowest BCUT2D eigenvalue weighted by Crippen LogP contribution is -2.35. The largest absolute Gasteiger partial charge is 0.507 e. The van der Waals surface area contributed by atoms with E-state index in [4.69, 9.17) is 0 Å². The molecular formula is C20H20N2O2. The van der Waals surface area contributed by atoms with Gasteiger partial charge in [-0.3, -0.25) is 4.79 Å². The Kier molecular flexibility index (Phi) is 3.34. The summed E-state index contributed by atoms with van der Waals surface area (Å²) in [4.78, 5) is 18.1. The van der Waals surface area contributed by atoms with Crippen LogP contribution in [0.1, 0.15) is 32.7 Å². The highest BCUT2D eigenvalue weighted by atomic mass is 16.3. The van der Waals surface area contributed by atoms with Crippen molar-refractivity contribution >= 4 is 16.8 Å². The second-order valence-electron chi connectivity index (χ2n) is 6.63. The normalized spacial score (nSPS) is 14.0. The van der Waals surface area contributed by atoms with E-state index < -0.39 is 0 Å². The molecule has 0 spiro atoms. The van der Waals surface area contributed by atoms with Gasteiger partial charge in [0.25, 0.3) is 5.91 Å². The van der Waals surface area contributed by atoms with Gasteiger partial charge in [-0.15, -0.1) is 0 Å². The first-order valence-electron chi connectivity index (χ1n) is 8.22. The minimum Gasteiger partial charge on any atom is -0.507 e. The highest BCUT2D eigenvalue weighted by molar-refractivity contribution is 5.97. The lowest BCUT2D eigenvalue weighted by molar-refractivity contribution is 0.0732. The molecule has 4 heteroatoms. The molecule has 4 rings (SSSR count). The standard InChI is InChI=1S/C20H20N2O2/c1-12-4-6-17-15(9-12)16-11-22(8-7-18(16)21-17)20(24)14-5-3-13(2)10-19(14)23/h3-6,9-10,21,23H,7-8,11H2,1-2H3. The van der Waals surface area contributed by atoms with E-state index in [0.29, 0.717) is 18.7 Å². The maximum absolute atomic E-state index is 12.8. The van der Waals surface area contributed by atoms with Crippen LogP contribution in [0.5, 0.6) is 5.75 Å². The number of hydrogen-bond donors (Lipinski definition) is 2. The number of rotatable bonds is 1. The molecule has 1 aliphatic heterocycles. The van der Waals surface area contributed by atoms with Crippen LogP contribution in [-0.4, -0.2) is 27.4 Å². The molecule has 1 amide bonds. The number of carbonyl (C=O) groups is 1. The molecule has 0 fully saturated rings. The number of phenols is 1. The SMILES string of the molecule is Cc1ccc(C(=O)N2CCc3[nH]c4ccc(C)cc4c3C2)c(O)c1. The second-order valence-corrected chi connectivity index (χ2v) is 6.63. The first-order valence-corrected chi connectivity index (χ1v) is 8.22. The first-order chi connectivity index (χ1) is 11.5. The lowest BCUT2D eigenvalue weighted by Gasteiger charge is -2.27. The van der Waals surface area contributed by atoms with Gasteiger partial charge in [0.1, 0.15) is 5.75 Å². The summed E-state index contributed by atoms with van der Waals surface area (Å²) in [5.41, 5.74) is 6.06. The van der Waals surface area contributed by atoms with E-state index in [9.17, 15) is 9.90 Å². The van der Waals surface area contributed by atoms with Gasteiger partial charge in [0.2, 0.25) is 0 Å². The van der Waals surface area contributed by atoms with Crippen LogP contribution in [0.25, 0.3) is 10.9 Å². The Hall–Kier alpha value is -2.75. The molecule has 4 nitrogen and oxygen atoms in total. The number of hydrogen-bond acceptors (Lipinski definition) is 2. The van der Waals surface area contributed by atoms with E-state index in [1.54, 1.807) is 12.1 Å². The number of phenolic OH excluding ortho intramolecular Hbond substituents is 1. The quantitative estimate of drug-likeness (QED) is 0.718. The molecule has 0 radical (unpaired) electrons. The summed E-state index contributed by atoms with van der Waals surface area (Å²) >= 11 is 0. The zero-order chi connectivity index (χ0) is 16.8. The Balaban J connectivity index is 1.69. The number of aromatic amines is 1. The summed E-state index contributed by atoms with van der Waals surface area (Å²) in [5, 5.41) is 11.3. The molecule has 0 bridgehead atoms. The highest BCUT2D eigenvalue weighted by Crippen LogP contribution is 2.30. The average Bonchev–Trinajstić information content (AvgIpc) is 2.91. The third-order valence-electron chi connectivity index (χ3n) is 4.80. The van der Waals surface area contributed by atoms with Gasteiger partial charge in [-0.05, 0) is 43.7 Å². The van der Waals surface area contributed by atoms with Gasteiger partial charge in [0, 0.05) is 41.7 Å². The Labute approximate surface area is 140 Å². The minimum absolute atomic E-state index is 0.0561. The maximum Gasteiger partial charge on any atom is 0.257 e. The number of amides is 1. The summed E-state index contributed by atoms with van der Waals surface area (Å²) < 4.78 is 0. The number of aromatic hydroxyl groups is 1. The molecule has 1 aliphatic rings. The second kappa shape index (κ2) is 5.41. The number of benzene rings is 2. The lowest BCUT2D eigenvalue weighted by atomic mass is 10.0. The van der Waals surface area contributed by atoms with Gasteiger partial charge >= 0.3 is 0 Å². The van der Waals surface area contributed by atoms with Gasteiger partial charge < -0.3 is 15.0 Å². The molecule has 122 valence electrons. The summed E-state index contributed by atoms with van der Waals surface area (Å²) in [6.45, 7) is 5.21. The topological polar surface area (TPSA) is 56.3 Å². The first kappa shape index (κ1) is 14.8. The van der Waals surface area contributed by atoms with E-state index in [2.05, 4.69) is 30.1 Å². The smallest absolute Gasteiger partial charge is 0.257 e.